The van der Waals surface area contributed by atoms with Gasteiger partial charge < -0.3 is 5.32 Å². The fourth-order valence-corrected chi connectivity index (χ4v) is 2.46. The number of carbonyl (C=O) groups excluding carboxylic acids is 1. The van der Waals surface area contributed by atoms with Crippen LogP contribution in [0.1, 0.15) is 28.2 Å². The molecule has 0 spiro atoms. The quantitative estimate of drug-likeness (QED) is 0.946. The van der Waals surface area contributed by atoms with Crippen LogP contribution >= 0.6 is 34.7 Å². The van der Waals surface area contributed by atoms with Gasteiger partial charge in [-0.2, -0.15) is 0 Å². The zero-order valence-electron chi connectivity index (χ0n) is 9.35. The third-order valence-corrected chi connectivity index (χ3v) is 3.59. The van der Waals surface area contributed by atoms with Crippen LogP contribution in [-0.2, 0) is 0 Å². The van der Waals surface area contributed by atoms with Crippen LogP contribution in [0.4, 0.5) is 0 Å². The Morgan fingerprint density at radius 1 is 1.44 bits per heavy atom. The molecule has 2 rings (SSSR count). The van der Waals surface area contributed by atoms with Crippen LogP contribution in [-0.4, -0.2) is 15.5 Å². The maximum absolute atomic E-state index is 11.8. The Kier molecular flexibility index (Phi) is 4.16. The zero-order valence-corrected chi connectivity index (χ0v) is 11.7. The molecule has 94 valence electrons. The molecule has 1 aromatic heterocycles. The highest BCUT2D eigenvalue weighted by Crippen LogP contribution is 2.26. The number of aromatic nitrogens is 2. The molecule has 2 aromatic rings. The Balaban J connectivity index is 2.12. The summed E-state index contributed by atoms with van der Waals surface area (Å²) in [5.41, 5.74) is 0.812. The first-order chi connectivity index (χ1) is 8.58. The van der Waals surface area contributed by atoms with E-state index in [9.17, 15) is 4.79 Å². The molecule has 1 aromatic carbocycles. The van der Waals surface area contributed by atoms with Gasteiger partial charge in [-0.1, -0.05) is 33.8 Å². The zero-order chi connectivity index (χ0) is 13.1. The Hall–Kier alpha value is -1.17. The summed E-state index contributed by atoms with van der Waals surface area (Å²) >= 11 is 12.9. The molecule has 1 atom stereocenters. The number of benzene rings is 1. The number of halogens is 2. The SMILES string of the molecule is C[C@H](NC(=O)c1cnns1)c1ccc(Cl)cc1Cl. The van der Waals surface area contributed by atoms with Gasteiger partial charge in [0, 0.05) is 10.0 Å². The summed E-state index contributed by atoms with van der Waals surface area (Å²) in [5, 5.41) is 7.53. The van der Waals surface area contributed by atoms with Gasteiger partial charge in [0.15, 0.2) is 0 Å². The minimum absolute atomic E-state index is 0.218. The molecular weight excluding hydrogens is 293 g/mol. The second-order valence-electron chi connectivity index (χ2n) is 3.64. The van der Waals surface area contributed by atoms with E-state index in [1.807, 2.05) is 6.92 Å². The molecule has 0 saturated heterocycles. The summed E-state index contributed by atoms with van der Waals surface area (Å²) in [5.74, 6) is -0.219. The Labute approximate surface area is 118 Å². The minimum atomic E-state index is -0.219. The van der Waals surface area contributed by atoms with E-state index in [1.165, 1.54) is 6.20 Å². The minimum Gasteiger partial charge on any atom is -0.345 e. The molecule has 0 aliphatic carbocycles. The van der Waals surface area contributed by atoms with Gasteiger partial charge in [0.05, 0.1) is 12.2 Å². The van der Waals surface area contributed by atoms with Crippen molar-refractivity contribution in [2.75, 3.05) is 0 Å². The average molecular weight is 302 g/mol. The highest BCUT2D eigenvalue weighted by molar-refractivity contribution is 7.07. The van der Waals surface area contributed by atoms with E-state index in [1.54, 1.807) is 18.2 Å². The molecule has 4 nitrogen and oxygen atoms in total. The molecule has 0 radical (unpaired) electrons. The molecular formula is C11H9Cl2N3OS. The van der Waals surface area contributed by atoms with Gasteiger partial charge in [0.1, 0.15) is 4.88 Å². The van der Waals surface area contributed by atoms with Crippen molar-refractivity contribution >= 4 is 40.6 Å². The molecule has 0 aliphatic heterocycles. The van der Waals surface area contributed by atoms with Crippen LogP contribution in [0, 0.1) is 0 Å². The molecule has 7 heteroatoms. The lowest BCUT2D eigenvalue weighted by molar-refractivity contribution is 0.0944. The number of rotatable bonds is 3. The molecule has 0 unspecified atom stereocenters. The van der Waals surface area contributed by atoms with Gasteiger partial charge in [-0.05, 0) is 36.2 Å². The molecule has 18 heavy (non-hydrogen) atoms. The Bertz CT molecular complexity index is 559. The Morgan fingerprint density at radius 3 is 2.83 bits per heavy atom. The highest BCUT2D eigenvalue weighted by Gasteiger charge is 2.15. The molecule has 0 saturated carbocycles. The van der Waals surface area contributed by atoms with E-state index >= 15 is 0 Å². The van der Waals surface area contributed by atoms with Gasteiger partial charge in [0.25, 0.3) is 5.91 Å². The largest absolute Gasteiger partial charge is 0.345 e. The first-order valence-electron chi connectivity index (χ1n) is 5.11. The van der Waals surface area contributed by atoms with Crippen molar-refractivity contribution in [2.45, 2.75) is 13.0 Å². The van der Waals surface area contributed by atoms with E-state index in [0.29, 0.717) is 14.9 Å². The molecule has 1 N–H and O–H groups in total. The normalized spacial score (nSPS) is 12.2. The lowest BCUT2D eigenvalue weighted by Crippen LogP contribution is -2.26. The molecule has 0 bridgehead atoms. The third-order valence-electron chi connectivity index (χ3n) is 2.36. The number of amides is 1. The molecule has 1 heterocycles. The lowest BCUT2D eigenvalue weighted by atomic mass is 10.1. The number of carbonyl (C=O) groups is 1. The average Bonchev–Trinajstić information content (AvgIpc) is 2.81. The summed E-state index contributed by atoms with van der Waals surface area (Å²) < 4.78 is 3.64. The van der Waals surface area contributed by atoms with Gasteiger partial charge in [-0.25, -0.2) is 0 Å². The lowest BCUT2D eigenvalue weighted by Gasteiger charge is -2.15. The predicted molar refractivity (Wildman–Crippen MR) is 72.3 cm³/mol. The van der Waals surface area contributed by atoms with Gasteiger partial charge in [0.2, 0.25) is 0 Å². The van der Waals surface area contributed by atoms with Crippen LogP contribution < -0.4 is 5.32 Å². The predicted octanol–water partition coefficient (Wildman–Crippen LogP) is 3.34. The first kappa shape index (κ1) is 13.3. The van der Waals surface area contributed by atoms with E-state index in [-0.39, 0.29) is 11.9 Å². The van der Waals surface area contributed by atoms with E-state index in [0.717, 1.165) is 17.1 Å². The number of hydrogen-bond acceptors (Lipinski definition) is 4. The van der Waals surface area contributed by atoms with Gasteiger partial charge in [-0.15, -0.1) is 5.10 Å². The van der Waals surface area contributed by atoms with E-state index in [4.69, 9.17) is 23.2 Å². The van der Waals surface area contributed by atoms with Gasteiger partial charge >= 0.3 is 0 Å². The van der Waals surface area contributed by atoms with Crippen molar-refractivity contribution in [1.82, 2.24) is 14.9 Å². The summed E-state index contributed by atoms with van der Waals surface area (Å²) in [4.78, 5) is 12.3. The fraction of sp³-hybridized carbons (Fsp3) is 0.182. The maximum atomic E-state index is 11.8. The fourth-order valence-electron chi connectivity index (χ4n) is 1.47. The van der Waals surface area contributed by atoms with Crippen LogP contribution in [0.15, 0.2) is 24.4 Å². The maximum Gasteiger partial charge on any atom is 0.265 e. The van der Waals surface area contributed by atoms with Crippen molar-refractivity contribution in [1.29, 1.82) is 0 Å². The molecule has 0 fully saturated rings. The van der Waals surface area contributed by atoms with Crippen molar-refractivity contribution < 1.29 is 4.79 Å². The smallest absolute Gasteiger partial charge is 0.265 e. The third kappa shape index (κ3) is 2.98. The molecule has 1 amide bonds. The second kappa shape index (κ2) is 5.65. The first-order valence-corrected chi connectivity index (χ1v) is 6.64. The van der Waals surface area contributed by atoms with Crippen LogP contribution in [0.25, 0.3) is 0 Å². The van der Waals surface area contributed by atoms with Crippen molar-refractivity contribution in [2.24, 2.45) is 0 Å². The van der Waals surface area contributed by atoms with Gasteiger partial charge in [-0.3, -0.25) is 4.79 Å². The summed E-state index contributed by atoms with van der Waals surface area (Å²) in [6.45, 7) is 1.85. The molecule has 0 aliphatic rings. The van der Waals surface area contributed by atoms with Crippen LogP contribution in [0.2, 0.25) is 10.0 Å². The highest BCUT2D eigenvalue weighted by atomic mass is 35.5. The summed E-state index contributed by atoms with van der Waals surface area (Å²) in [6.07, 6.45) is 1.43. The topological polar surface area (TPSA) is 54.9 Å². The van der Waals surface area contributed by atoms with Crippen molar-refractivity contribution in [3.63, 3.8) is 0 Å². The summed E-state index contributed by atoms with van der Waals surface area (Å²) in [6, 6.07) is 4.96. The standard InChI is InChI=1S/C11H9Cl2N3OS/c1-6(8-3-2-7(12)4-9(8)13)15-11(17)10-5-14-16-18-10/h2-6H,1H3,(H,15,17)/t6-/m0/s1. The Morgan fingerprint density at radius 2 is 2.22 bits per heavy atom. The van der Waals surface area contributed by atoms with Crippen molar-refractivity contribution in [3.05, 3.63) is 44.9 Å². The van der Waals surface area contributed by atoms with Crippen molar-refractivity contribution in [3.8, 4) is 0 Å². The number of hydrogen-bond donors (Lipinski definition) is 1. The number of nitrogens with one attached hydrogen (secondary N) is 1. The second-order valence-corrected chi connectivity index (χ2v) is 5.27. The number of nitrogens with zero attached hydrogens (tertiary/aromatic N) is 2. The summed E-state index contributed by atoms with van der Waals surface area (Å²) in [7, 11) is 0. The monoisotopic (exact) mass is 301 g/mol. The van der Waals surface area contributed by atoms with E-state index < -0.39 is 0 Å². The van der Waals surface area contributed by atoms with E-state index in [2.05, 4.69) is 14.9 Å². The van der Waals surface area contributed by atoms with Crippen LogP contribution in [0.3, 0.4) is 0 Å². The van der Waals surface area contributed by atoms with Crippen LogP contribution in [0.5, 0.6) is 0 Å².